The largest absolute Gasteiger partial charge is 0.310 e. The first-order chi connectivity index (χ1) is 8.16. The van der Waals surface area contributed by atoms with Crippen molar-refractivity contribution in [3.8, 4) is 0 Å². The summed E-state index contributed by atoms with van der Waals surface area (Å²) >= 11 is 0. The molecule has 0 spiro atoms. The quantitative estimate of drug-likeness (QED) is 0.821. The molecule has 0 amide bonds. The summed E-state index contributed by atoms with van der Waals surface area (Å²) in [6, 6.07) is 7.15. The van der Waals surface area contributed by atoms with Crippen LogP contribution in [0.15, 0.2) is 24.3 Å². The Morgan fingerprint density at radius 3 is 2.71 bits per heavy atom. The molecule has 1 aliphatic rings. The summed E-state index contributed by atoms with van der Waals surface area (Å²) in [6.45, 7) is 2.86. The van der Waals surface area contributed by atoms with Gasteiger partial charge >= 0.3 is 0 Å². The molecule has 1 aromatic carbocycles. The van der Waals surface area contributed by atoms with Gasteiger partial charge in [-0.25, -0.2) is 8.78 Å². The highest BCUT2D eigenvalue weighted by molar-refractivity contribution is 5.24. The number of nitrogens with one attached hydrogen (secondary N) is 1. The summed E-state index contributed by atoms with van der Waals surface area (Å²) in [6.07, 6.45) is 1.55. The molecule has 1 aliphatic carbocycles. The fourth-order valence-electron chi connectivity index (χ4n) is 2.22. The fourth-order valence-corrected chi connectivity index (χ4v) is 2.22. The van der Waals surface area contributed by atoms with Gasteiger partial charge in [0, 0.05) is 18.2 Å². The Hall–Kier alpha value is -0.960. The molecule has 1 atom stereocenters. The van der Waals surface area contributed by atoms with Gasteiger partial charge in [0.1, 0.15) is 0 Å². The highest BCUT2D eigenvalue weighted by atomic mass is 19.3. The Morgan fingerprint density at radius 2 is 2.12 bits per heavy atom. The normalized spacial score (nSPS) is 18.1. The van der Waals surface area contributed by atoms with Crippen molar-refractivity contribution in [2.24, 2.45) is 5.92 Å². The molecule has 94 valence electrons. The zero-order chi connectivity index (χ0) is 12.3. The molecule has 0 heterocycles. The van der Waals surface area contributed by atoms with Crippen LogP contribution in [-0.4, -0.2) is 6.04 Å². The topological polar surface area (TPSA) is 12.0 Å². The van der Waals surface area contributed by atoms with E-state index in [1.807, 2.05) is 6.07 Å². The summed E-state index contributed by atoms with van der Waals surface area (Å²) in [5, 5.41) is 3.42. The van der Waals surface area contributed by atoms with Crippen LogP contribution in [0.5, 0.6) is 0 Å². The first kappa shape index (κ1) is 12.5. The van der Waals surface area contributed by atoms with Crippen LogP contribution in [0.2, 0.25) is 0 Å². The third kappa shape index (κ3) is 3.25. The predicted molar refractivity (Wildman–Crippen MR) is 65.0 cm³/mol. The second-order valence-electron chi connectivity index (χ2n) is 4.91. The average molecular weight is 239 g/mol. The van der Waals surface area contributed by atoms with Gasteiger partial charge in [0.15, 0.2) is 0 Å². The zero-order valence-electron chi connectivity index (χ0n) is 10.1. The Balaban J connectivity index is 1.87. The van der Waals surface area contributed by atoms with Crippen molar-refractivity contribution >= 4 is 0 Å². The molecule has 2 rings (SSSR count). The van der Waals surface area contributed by atoms with Gasteiger partial charge in [-0.2, -0.15) is 0 Å². The molecule has 3 heteroatoms. The van der Waals surface area contributed by atoms with Gasteiger partial charge < -0.3 is 5.32 Å². The van der Waals surface area contributed by atoms with E-state index in [0.717, 1.165) is 11.5 Å². The lowest BCUT2D eigenvalue weighted by Gasteiger charge is -2.32. The smallest absolute Gasteiger partial charge is 0.263 e. The van der Waals surface area contributed by atoms with Crippen LogP contribution in [-0.2, 0) is 6.54 Å². The minimum atomic E-state index is -2.38. The summed E-state index contributed by atoms with van der Waals surface area (Å²) in [5.74, 6) is 0.772. The number of hydrogen-bond donors (Lipinski definition) is 1. The molecule has 1 aromatic rings. The van der Waals surface area contributed by atoms with E-state index in [2.05, 4.69) is 12.2 Å². The van der Waals surface area contributed by atoms with Crippen molar-refractivity contribution in [1.29, 1.82) is 0 Å². The zero-order valence-corrected chi connectivity index (χ0v) is 10.1. The molecule has 0 aliphatic heterocycles. The number of rotatable bonds is 5. The maximum Gasteiger partial charge on any atom is 0.263 e. The molecule has 0 bridgehead atoms. The predicted octanol–water partition coefficient (Wildman–Crippen LogP) is 3.90. The second kappa shape index (κ2) is 5.58. The van der Waals surface area contributed by atoms with E-state index in [9.17, 15) is 8.78 Å². The summed E-state index contributed by atoms with van der Waals surface area (Å²) in [4.78, 5) is 0. The first-order valence-corrected chi connectivity index (χ1v) is 6.27. The summed E-state index contributed by atoms with van der Waals surface area (Å²) in [5.41, 5.74) is 1.05. The number of halogens is 2. The van der Waals surface area contributed by atoms with E-state index in [1.54, 1.807) is 12.1 Å². The lowest BCUT2D eigenvalue weighted by Crippen LogP contribution is -2.36. The Bertz CT molecular complexity index is 361. The van der Waals surface area contributed by atoms with Crippen LogP contribution in [0.25, 0.3) is 0 Å². The minimum absolute atomic E-state index is 0.112. The van der Waals surface area contributed by atoms with Crippen LogP contribution in [0.4, 0.5) is 8.78 Å². The Labute approximate surface area is 101 Å². The molecule has 0 radical (unpaired) electrons. The number of benzene rings is 1. The molecule has 1 saturated carbocycles. The number of alkyl halides is 2. The van der Waals surface area contributed by atoms with E-state index in [4.69, 9.17) is 0 Å². The van der Waals surface area contributed by atoms with E-state index in [1.165, 1.54) is 25.3 Å². The molecule has 1 nitrogen and oxygen atoms in total. The minimum Gasteiger partial charge on any atom is -0.310 e. The third-order valence-corrected chi connectivity index (χ3v) is 3.69. The molecule has 1 N–H and O–H groups in total. The highest BCUT2D eigenvalue weighted by Gasteiger charge is 2.23. The van der Waals surface area contributed by atoms with Crippen LogP contribution in [0.1, 0.15) is 43.7 Å². The Morgan fingerprint density at radius 1 is 1.35 bits per heavy atom. The SMILES string of the molecule is CC(NCc1cccc(C(F)F)c1)C1CCC1. The van der Waals surface area contributed by atoms with Gasteiger partial charge in [0.2, 0.25) is 0 Å². The van der Waals surface area contributed by atoms with Gasteiger partial charge in [0.25, 0.3) is 6.43 Å². The summed E-state index contributed by atoms with van der Waals surface area (Å²) < 4.78 is 25.0. The molecule has 17 heavy (non-hydrogen) atoms. The van der Waals surface area contributed by atoms with Crippen LogP contribution in [0, 0.1) is 5.92 Å². The highest BCUT2D eigenvalue weighted by Crippen LogP contribution is 2.29. The third-order valence-electron chi connectivity index (χ3n) is 3.69. The maximum atomic E-state index is 12.5. The molecule has 0 saturated heterocycles. The van der Waals surface area contributed by atoms with Crippen molar-refractivity contribution in [2.75, 3.05) is 0 Å². The molecule has 1 unspecified atom stereocenters. The van der Waals surface area contributed by atoms with Crippen molar-refractivity contribution in [3.63, 3.8) is 0 Å². The van der Waals surface area contributed by atoms with Crippen LogP contribution < -0.4 is 5.32 Å². The Kier molecular flexibility index (Phi) is 4.11. The first-order valence-electron chi connectivity index (χ1n) is 6.27. The van der Waals surface area contributed by atoms with E-state index in [-0.39, 0.29) is 5.56 Å². The lowest BCUT2D eigenvalue weighted by atomic mass is 9.80. The van der Waals surface area contributed by atoms with Gasteiger partial charge in [0.05, 0.1) is 0 Å². The number of hydrogen-bond acceptors (Lipinski definition) is 1. The standard InChI is InChI=1S/C14H19F2N/c1-10(12-5-3-6-12)17-9-11-4-2-7-13(8-11)14(15)16/h2,4,7-8,10,12,14,17H,3,5-6,9H2,1H3. The van der Waals surface area contributed by atoms with Gasteiger partial charge in [-0.3, -0.25) is 0 Å². The molecular weight excluding hydrogens is 220 g/mol. The van der Waals surface area contributed by atoms with Gasteiger partial charge in [-0.1, -0.05) is 24.6 Å². The second-order valence-corrected chi connectivity index (χ2v) is 4.91. The lowest BCUT2D eigenvalue weighted by molar-refractivity contribution is 0.151. The molecular formula is C14H19F2N. The fraction of sp³-hybridized carbons (Fsp3) is 0.571. The summed E-state index contributed by atoms with van der Waals surface area (Å²) in [7, 11) is 0. The van der Waals surface area contributed by atoms with Crippen molar-refractivity contribution < 1.29 is 8.78 Å². The van der Waals surface area contributed by atoms with Crippen molar-refractivity contribution in [1.82, 2.24) is 5.32 Å². The van der Waals surface area contributed by atoms with E-state index in [0.29, 0.717) is 12.6 Å². The average Bonchev–Trinajstić information content (AvgIpc) is 2.24. The van der Waals surface area contributed by atoms with Crippen LogP contribution in [0.3, 0.4) is 0 Å². The monoisotopic (exact) mass is 239 g/mol. The van der Waals surface area contributed by atoms with Gasteiger partial charge in [-0.05, 0) is 37.3 Å². The van der Waals surface area contributed by atoms with E-state index < -0.39 is 6.43 Å². The van der Waals surface area contributed by atoms with Crippen LogP contribution >= 0.6 is 0 Å². The molecule has 1 fully saturated rings. The van der Waals surface area contributed by atoms with E-state index >= 15 is 0 Å². The molecule has 0 aromatic heterocycles. The van der Waals surface area contributed by atoms with Crippen molar-refractivity contribution in [3.05, 3.63) is 35.4 Å². The maximum absolute atomic E-state index is 12.5. The van der Waals surface area contributed by atoms with Gasteiger partial charge in [-0.15, -0.1) is 0 Å². The van der Waals surface area contributed by atoms with Crippen molar-refractivity contribution in [2.45, 2.75) is 45.2 Å².